The van der Waals surface area contributed by atoms with Crippen molar-refractivity contribution < 1.29 is 17.9 Å². The van der Waals surface area contributed by atoms with E-state index in [4.69, 9.17) is 4.74 Å². The van der Waals surface area contributed by atoms with Gasteiger partial charge in [-0.3, -0.25) is 4.90 Å². The molecule has 2 fully saturated rings. The standard InChI is InChI=1S/C21H29N7O4S/c29-21(24-7-8-26-9-11-27(12-10-26)20-22-5-2-6-23-20)25-18-3-1-4-19(17-18)33(30,31)28-13-15-32-16-14-28/h1-6,17H,7-16H2,(H2,24,25,29). The van der Waals surface area contributed by atoms with Crippen molar-refractivity contribution in [2.45, 2.75) is 4.90 Å². The molecule has 33 heavy (non-hydrogen) atoms. The summed E-state index contributed by atoms with van der Waals surface area (Å²) >= 11 is 0. The van der Waals surface area contributed by atoms with Crippen LogP contribution in [0.5, 0.6) is 0 Å². The first-order valence-corrected chi connectivity index (χ1v) is 12.4. The van der Waals surface area contributed by atoms with Crippen molar-refractivity contribution in [3.05, 3.63) is 42.7 Å². The van der Waals surface area contributed by atoms with Gasteiger partial charge in [-0.05, 0) is 24.3 Å². The fourth-order valence-electron chi connectivity index (χ4n) is 3.80. The Morgan fingerprint density at radius 2 is 1.73 bits per heavy atom. The molecule has 0 radical (unpaired) electrons. The number of benzene rings is 1. The van der Waals surface area contributed by atoms with Gasteiger partial charge in [-0.25, -0.2) is 23.2 Å². The normalized spacial score (nSPS) is 18.1. The van der Waals surface area contributed by atoms with Gasteiger partial charge in [-0.2, -0.15) is 4.31 Å². The van der Waals surface area contributed by atoms with Crippen molar-refractivity contribution in [3.8, 4) is 0 Å². The summed E-state index contributed by atoms with van der Waals surface area (Å²) in [6.07, 6.45) is 3.48. The molecule has 3 heterocycles. The van der Waals surface area contributed by atoms with Gasteiger partial charge in [0.2, 0.25) is 16.0 Å². The number of amides is 2. The van der Waals surface area contributed by atoms with Gasteiger partial charge in [0.25, 0.3) is 0 Å². The molecular weight excluding hydrogens is 446 g/mol. The summed E-state index contributed by atoms with van der Waals surface area (Å²) in [7, 11) is -3.61. The van der Waals surface area contributed by atoms with Gasteiger partial charge in [-0.1, -0.05) is 6.07 Å². The van der Waals surface area contributed by atoms with E-state index in [1.807, 2.05) is 0 Å². The Morgan fingerprint density at radius 1 is 1.00 bits per heavy atom. The zero-order valence-corrected chi connectivity index (χ0v) is 19.2. The molecule has 4 rings (SSSR count). The highest BCUT2D eigenvalue weighted by Gasteiger charge is 2.26. The zero-order chi connectivity index (χ0) is 23.1. The second-order valence-electron chi connectivity index (χ2n) is 7.80. The van der Waals surface area contributed by atoms with Crippen LogP contribution in [0.15, 0.2) is 47.6 Å². The van der Waals surface area contributed by atoms with Crippen LogP contribution in [0, 0.1) is 0 Å². The molecule has 178 valence electrons. The summed E-state index contributed by atoms with van der Waals surface area (Å²) in [6.45, 7) is 6.03. The molecule has 0 unspecified atom stereocenters. The molecule has 0 atom stereocenters. The van der Waals surface area contributed by atoms with Crippen molar-refractivity contribution in [2.75, 3.05) is 75.8 Å². The number of hydrogen-bond donors (Lipinski definition) is 2. The molecule has 11 nitrogen and oxygen atoms in total. The largest absolute Gasteiger partial charge is 0.379 e. The van der Waals surface area contributed by atoms with Crippen LogP contribution in [0.25, 0.3) is 0 Å². The zero-order valence-electron chi connectivity index (χ0n) is 18.4. The number of morpholine rings is 1. The highest BCUT2D eigenvalue weighted by Crippen LogP contribution is 2.20. The predicted molar refractivity (Wildman–Crippen MR) is 124 cm³/mol. The van der Waals surface area contributed by atoms with Crippen molar-refractivity contribution in [1.29, 1.82) is 0 Å². The Morgan fingerprint density at radius 3 is 2.45 bits per heavy atom. The van der Waals surface area contributed by atoms with Gasteiger partial charge in [-0.15, -0.1) is 0 Å². The van der Waals surface area contributed by atoms with Crippen molar-refractivity contribution in [1.82, 2.24) is 24.5 Å². The maximum Gasteiger partial charge on any atom is 0.319 e. The van der Waals surface area contributed by atoms with Crippen molar-refractivity contribution >= 4 is 27.7 Å². The summed E-state index contributed by atoms with van der Waals surface area (Å²) in [5.41, 5.74) is 0.429. The minimum atomic E-state index is -3.61. The Bertz CT molecular complexity index is 1020. The topological polar surface area (TPSA) is 120 Å². The number of urea groups is 1. The molecule has 0 aliphatic carbocycles. The number of rotatable bonds is 7. The summed E-state index contributed by atoms with van der Waals surface area (Å²) in [4.78, 5) is 25.5. The second kappa shape index (κ2) is 10.9. The number of carbonyl (C=O) groups is 1. The Labute approximate surface area is 193 Å². The molecule has 2 aliphatic rings. The smallest absolute Gasteiger partial charge is 0.319 e. The third kappa shape index (κ3) is 6.16. The van der Waals surface area contributed by atoms with E-state index in [2.05, 4.69) is 30.4 Å². The molecule has 2 aliphatic heterocycles. The molecule has 1 aromatic heterocycles. The number of aromatic nitrogens is 2. The van der Waals surface area contributed by atoms with Crippen LogP contribution in [0.4, 0.5) is 16.4 Å². The van der Waals surface area contributed by atoms with E-state index in [-0.39, 0.29) is 10.9 Å². The lowest BCUT2D eigenvalue weighted by Gasteiger charge is -2.34. The van der Waals surface area contributed by atoms with Crippen molar-refractivity contribution in [2.24, 2.45) is 0 Å². The minimum Gasteiger partial charge on any atom is -0.379 e. The first-order chi connectivity index (χ1) is 16.0. The number of nitrogens with one attached hydrogen (secondary N) is 2. The van der Waals surface area contributed by atoms with Crippen LogP contribution < -0.4 is 15.5 Å². The molecule has 12 heteroatoms. The first-order valence-electron chi connectivity index (χ1n) is 11.0. The molecule has 2 aromatic rings. The molecule has 1 aromatic carbocycles. The number of sulfonamides is 1. The average Bonchev–Trinajstić information content (AvgIpc) is 2.86. The number of nitrogens with zero attached hydrogens (tertiary/aromatic N) is 5. The van der Waals surface area contributed by atoms with Gasteiger partial charge in [0.15, 0.2) is 0 Å². The lowest BCUT2D eigenvalue weighted by molar-refractivity contribution is 0.0730. The van der Waals surface area contributed by atoms with Crippen LogP contribution in [0.3, 0.4) is 0 Å². The highest BCUT2D eigenvalue weighted by atomic mass is 32.2. The lowest BCUT2D eigenvalue weighted by atomic mass is 10.3. The predicted octanol–water partition coefficient (Wildman–Crippen LogP) is 0.441. The second-order valence-corrected chi connectivity index (χ2v) is 9.74. The van der Waals surface area contributed by atoms with Crippen LogP contribution in [-0.4, -0.2) is 99.2 Å². The summed E-state index contributed by atoms with van der Waals surface area (Å²) in [5.74, 6) is 0.743. The Hall–Kier alpha value is -2.80. The first kappa shape index (κ1) is 23.4. The monoisotopic (exact) mass is 475 g/mol. The Balaban J connectivity index is 1.22. The number of anilines is 2. The quantitative estimate of drug-likeness (QED) is 0.592. The van der Waals surface area contributed by atoms with E-state index in [1.165, 1.54) is 16.4 Å². The summed E-state index contributed by atoms with van der Waals surface area (Å²) in [6, 6.07) is 7.74. The molecule has 0 spiro atoms. The van der Waals surface area contributed by atoms with Gasteiger partial charge >= 0.3 is 6.03 Å². The van der Waals surface area contributed by atoms with E-state index < -0.39 is 10.0 Å². The van der Waals surface area contributed by atoms with Gasteiger partial charge in [0, 0.05) is 70.4 Å². The van der Waals surface area contributed by atoms with Crippen molar-refractivity contribution in [3.63, 3.8) is 0 Å². The van der Waals surface area contributed by atoms with E-state index in [0.29, 0.717) is 38.5 Å². The molecule has 0 saturated carbocycles. The lowest BCUT2D eigenvalue weighted by Crippen LogP contribution is -2.49. The van der Waals surface area contributed by atoms with Gasteiger partial charge < -0.3 is 20.3 Å². The third-order valence-corrected chi connectivity index (χ3v) is 7.52. The number of ether oxygens (including phenoxy) is 1. The van der Waals surface area contributed by atoms with Crippen LogP contribution >= 0.6 is 0 Å². The minimum absolute atomic E-state index is 0.155. The number of carbonyl (C=O) groups excluding carboxylic acids is 1. The van der Waals surface area contributed by atoms with Crippen LogP contribution in [-0.2, 0) is 14.8 Å². The highest BCUT2D eigenvalue weighted by molar-refractivity contribution is 7.89. The van der Waals surface area contributed by atoms with Crippen LogP contribution in [0.2, 0.25) is 0 Å². The third-order valence-electron chi connectivity index (χ3n) is 5.62. The fraction of sp³-hybridized carbons (Fsp3) is 0.476. The number of hydrogen-bond acceptors (Lipinski definition) is 8. The molecule has 2 amide bonds. The maximum atomic E-state index is 12.8. The van der Waals surface area contributed by atoms with E-state index in [0.717, 1.165) is 38.7 Å². The van der Waals surface area contributed by atoms with E-state index >= 15 is 0 Å². The molecule has 2 N–H and O–H groups in total. The summed E-state index contributed by atoms with van der Waals surface area (Å²) in [5, 5.41) is 5.56. The molecule has 0 bridgehead atoms. The summed E-state index contributed by atoms with van der Waals surface area (Å²) < 4.78 is 32.3. The number of piperazine rings is 1. The molecule has 2 saturated heterocycles. The van der Waals surface area contributed by atoms with Gasteiger partial charge in [0.05, 0.1) is 18.1 Å². The van der Waals surface area contributed by atoms with Crippen LogP contribution in [0.1, 0.15) is 0 Å². The average molecular weight is 476 g/mol. The SMILES string of the molecule is O=C(NCCN1CCN(c2ncccn2)CC1)Nc1cccc(S(=O)(=O)N2CCOCC2)c1. The van der Waals surface area contributed by atoms with Gasteiger partial charge in [0.1, 0.15) is 0 Å². The molecular formula is C21H29N7O4S. The maximum absolute atomic E-state index is 12.8. The Kier molecular flexibility index (Phi) is 7.70. The van der Waals surface area contributed by atoms with E-state index in [9.17, 15) is 13.2 Å². The fourth-order valence-corrected chi connectivity index (χ4v) is 5.25. The van der Waals surface area contributed by atoms with E-state index in [1.54, 1.807) is 30.6 Å².